The molecule has 1 aliphatic carbocycles. The highest BCUT2D eigenvalue weighted by Gasteiger charge is 2.28. The summed E-state index contributed by atoms with van der Waals surface area (Å²) in [4.78, 5) is 26.2. The van der Waals surface area contributed by atoms with Gasteiger partial charge in [-0.25, -0.2) is 13.2 Å². The summed E-state index contributed by atoms with van der Waals surface area (Å²) in [6.45, 7) is 3.63. The lowest BCUT2D eigenvalue weighted by molar-refractivity contribution is -0.115. The quantitative estimate of drug-likeness (QED) is 0.692. The molecular weight excluding hydrogens is 398 g/mol. The number of benzene rings is 1. The lowest BCUT2D eigenvalue weighted by Gasteiger charge is -2.08. The van der Waals surface area contributed by atoms with Crippen molar-refractivity contribution in [1.82, 2.24) is 0 Å². The maximum Gasteiger partial charge on any atom is 0.341 e. The predicted octanol–water partition coefficient (Wildman–Crippen LogP) is 3.39. The van der Waals surface area contributed by atoms with Gasteiger partial charge in [0.05, 0.1) is 29.2 Å². The first-order valence-corrected chi connectivity index (χ1v) is 11.8. The number of amides is 1. The Kier molecular flexibility index (Phi) is 6.20. The van der Waals surface area contributed by atoms with E-state index >= 15 is 0 Å². The van der Waals surface area contributed by atoms with Crippen LogP contribution in [0.3, 0.4) is 0 Å². The third kappa shape index (κ3) is 4.28. The van der Waals surface area contributed by atoms with Crippen molar-refractivity contribution in [2.75, 3.05) is 17.7 Å². The van der Waals surface area contributed by atoms with Gasteiger partial charge >= 0.3 is 5.97 Å². The Balaban J connectivity index is 1.74. The molecule has 1 N–H and O–H groups in total. The first kappa shape index (κ1) is 20.5. The number of hydrogen-bond acceptors (Lipinski definition) is 6. The zero-order valence-electron chi connectivity index (χ0n) is 15.9. The molecule has 2 aromatic rings. The van der Waals surface area contributed by atoms with Crippen LogP contribution in [0.15, 0.2) is 29.2 Å². The molecular formula is C20H23NO5S2. The first-order chi connectivity index (χ1) is 13.4. The molecule has 0 aliphatic heterocycles. The topological polar surface area (TPSA) is 89.5 Å². The second kappa shape index (κ2) is 8.45. The number of rotatable bonds is 7. The maximum absolute atomic E-state index is 12.5. The fraction of sp³-hybridized carbons (Fsp3) is 0.400. The lowest BCUT2D eigenvalue weighted by Crippen LogP contribution is -2.17. The summed E-state index contributed by atoms with van der Waals surface area (Å²) in [6, 6.07) is 6.32. The molecule has 1 amide bonds. The molecule has 0 bridgehead atoms. The summed E-state index contributed by atoms with van der Waals surface area (Å²) >= 11 is 1.44. The molecule has 1 aromatic heterocycles. The summed E-state index contributed by atoms with van der Waals surface area (Å²) in [5.74, 6) is -0.616. The van der Waals surface area contributed by atoms with Gasteiger partial charge in [-0.1, -0.05) is 19.1 Å². The van der Waals surface area contributed by atoms with Gasteiger partial charge in [-0.15, -0.1) is 11.3 Å². The van der Waals surface area contributed by atoms with E-state index in [0.717, 1.165) is 29.7 Å². The molecule has 0 spiro atoms. The number of thiophene rings is 1. The van der Waals surface area contributed by atoms with Gasteiger partial charge in [-0.3, -0.25) is 4.79 Å². The van der Waals surface area contributed by atoms with Crippen molar-refractivity contribution in [2.45, 2.75) is 44.4 Å². The van der Waals surface area contributed by atoms with Crippen molar-refractivity contribution < 1.29 is 22.7 Å². The van der Waals surface area contributed by atoms with E-state index in [4.69, 9.17) is 4.74 Å². The third-order valence-corrected chi connectivity index (χ3v) is 7.64. The molecule has 0 fully saturated rings. The van der Waals surface area contributed by atoms with Crippen LogP contribution in [0.1, 0.15) is 46.6 Å². The molecule has 1 heterocycles. The molecule has 150 valence electrons. The molecule has 3 rings (SSSR count). The lowest BCUT2D eigenvalue weighted by atomic mass is 10.1. The van der Waals surface area contributed by atoms with Crippen LogP contribution in [-0.2, 0) is 38.6 Å². The number of carbonyl (C=O) groups excluding carboxylic acids is 2. The Morgan fingerprint density at radius 2 is 1.86 bits per heavy atom. The van der Waals surface area contributed by atoms with Crippen molar-refractivity contribution in [3.05, 3.63) is 45.8 Å². The fourth-order valence-corrected chi connectivity index (χ4v) is 5.43. The monoisotopic (exact) mass is 421 g/mol. The SMILES string of the molecule is CCOC(=O)c1c(NC(=O)Cc2ccc(S(=O)(=O)CC)cc2)sc2c1CCC2. The zero-order chi connectivity index (χ0) is 20.3. The highest BCUT2D eigenvalue weighted by molar-refractivity contribution is 7.91. The summed E-state index contributed by atoms with van der Waals surface area (Å²) < 4.78 is 28.9. The number of sulfone groups is 1. The zero-order valence-corrected chi connectivity index (χ0v) is 17.5. The van der Waals surface area contributed by atoms with Crippen LogP contribution < -0.4 is 5.32 Å². The summed E-state index contributed by atoms with van der Waals surface area (Å²) in [5.41, 5.74) is 2.18. The molecule has 28 heavy (non-hydrogen) atoms. The van der Waals surface area contributed by atoms with Crippen molar-refractivity contribution in [1.29, 1.82) is 0 Å². The number of carbonyl (C=O) groups is 2. The minimum Gasteiger partial charge on any atom is -0.462 e. The second-order valence-corrected chi connectivity index (χ2v) is 9.94. The summed E-state index contributed by atoms with van der Waals surface area (Å²) in [6.07, 6.45) is 2.84. The van der Waals surface area contributed by atoms with Gasteiger partial charge in [0, 0.05) is 4.88 Å². The van der Waals surface area contributed by atoms with E-state index in [1.807, 2.05) is 0 Å². The van der Waals surface area contributed by atoms with E-state index in [1.54, 1.807) is 26.0 Å². The highest BCUT2D eigenvalue weighted by atomic mass is 32.2. The third-order valence-electron chi connectivity index (χ3n) is 4.68. The van der Waals surface area contributed by atoms with Gasteiger partial charge in [0.1, 0.15) is 5.00 Å². The molecule has 8 heteroatoms. The van der Waals surface area contributed by atoms with E-state index in [-0.39, 0.29) is 29.6 Å². The Bertz CT molecular complexity index is 990. The number of aryl methyl sites for hydroxylation is 1. The minimum atomic E-state index is -3.26. The van der Waals surface area contributed by atoms with Crippen LogP contribution in [0.25, 0.3) is 0 Å². The van der Waals surface area contributed by atoms with E-state index in [0.29, 0.717) is 16.1 Å². The molecule has 1 aromatic carbocycles. The van der Waals surface area contributed by atoms with Crippen LogP contribution in [0.5, 0.6) is 0 Å². The Hall–Kier alpha value is -2.19. The number of fused-ring (bicyclic) bond motifs is 1. The largest absolute Gasteiger partial charge is 0.462 e. The number of ether oxygens (including phenoxy) is 1. The van der Waals surface area contributed by atoms with Crippen LogP contribution in [0.4, 0.5) is 5.00 Å². The second-order valence-electron chi connectivity index (χ2n) is 6.55. The average Bonchev–Trinajstić information content (AvgIpc) is 3.22. The maximum atomic E-state index is 12.5. The molecule has 1 aliphatic rings. The number of hydrogen-bond donors (Lipinski definition) is 1. The number of anilines is 1. The fourth-order valence-electron chi connectivity index (χ4n) is 3.25. The number of esters is 1. The molecule has 0 saturated carbocycles. The van der Waals surface area contributed by atoms with Gasteiger partial charge in [0.2, 0.25) is 5.91 Å². The van der Waals surface area contributed by atoms with Crippen LogP contribution >= 0.6 is 11.3 Å². The standard InChI is InChI=1S/C20H23NO5S2/c1-3-26-20(23)18-15-6-5-7-16(15)27-19(18)21-17(22)12-13-8-10-14(11-9-13)28(24,25)4-2/h8-11H,3-7,12H2,1-2H3,(H,21,22). The van der Waals surface area contributed by atoms with Crippen molar-refractivity contribution in [3.63, 3.8) is 0 Å². The van der Waals surface area contributed by atoms with Crippen LogP contribution in [0, 0.1) is 0 Å². The van der Waals surface area contributed by atoms with E-state index in [2.05, 4.69) is 5.32 Å². The van der Waals surface area contributed by atoms with Crippen molar-refractivity contribution in [3.8, 4) is 0 Å². The van der Waals surface area contributed by atoms with Gasteiger partial charge < -0.3 is 10.1 Å². The van der Waals surface area contributed by atoms with E-state index in [9.17, 15) is 18.0 Å². The van der Waals surface area contributed by atoms with Crippen molar-refractivity contribution in [2.24, 2.45) is 0 Å². The predicted molar refractivity (Wildman–Crippen MR) is 109 cm³/mol. The van der Waals surface area contributed by atoms with E-state index < -0.39 is 15.8 Å². The normalized spacial score (nSPS) is 13.2. The summed E-state index contributed by atoms with van der Waals surface area (Å²) in [7, 11) is -3.26. The van der Waals surface area contributed by atoms with E-state index in [1.165, 1.54) is 23.5 Å². The van der Waals surface area contributed by atoms with Gasteiger partial charge in [-0.05, 0) is 49.4 Å². The van der Waals surface area contributed by atoms with Crippen LogP contribution in [0.2, 0.25) is 0 Å². The average molecular weight is 422 g/mol. The van der Waals surface area contributed by atoms with Crippen LogP contribution in [-0.4, -0.2) is 32.7 Å². The Morgan fingerprint density at radius 3 is 2.50 bits per heavy atom. The van der Waals surface area contributed by atoms with Crippen molar-refractivity contribution >= 4 is 38.1 Å². The molecule has 0 saturated heterocycles. The molecule has 0 radical (unpaired) electrons. The molecule has 0 unspecified atom stereocenters. The number of nitrogens with one attached hydrogen (secondary N) is 1. The van der Waals surface area contributed by atoms with Gasteiger partial charge in [0.25, 0.3) is 0 Å². The first-order valence-electron chi connectivity index (χ1n) is 9.29. The Morgan fingerprint density at radius 1 is 1.14 bits per heavy atom. The smallest absolute Gasteiger partial charge is 0.341 e. The summed E-state index contributed by atoms with van der Waals surface area (Å²) in [5, 5.41) is 3.38. The van der Waals surface area contributed by atoms with Gasteiger partial charge in [0.15, 0.2) is 9.84 Å². The Labute approximate surface area is 168 Å². The highest BCUT2D eigenvalue weighted by Crippen LogP contribution is 2.39. The minimum absolute atomic E-state index is 0.0342. The van der Waals surface area contributed by atoms with Gasteiger partial charge in [-0.2, -0.15) is 0 Å². The molecule has 6 nitrogen and oxygen atoms in total. The molecule has 0 atom stereocenters.